The standard InChI is InChI=1S/C10H7F16NO2S/c1-2-27-10(26,30(28)29)8(21,22)6(17,18)4(13,14)3(11,12)5(15,16)7(19,20)9(23,24)25/h27H,2H2,1H3,(H,28,29)/p-1. The maximum Gasteiger partial charge on any atom is 0.460 e. The van der Waals surface area contributed by atoms with Crippen molar-refractivity contribution in [1.29, 1.82) is 0 Å². The predicted molar refractivity (Wildman–Crippen MR) is 62.2 cm³/mol. The number of alkyl halides is 16. The Hall–Kier alpha value is -1.05. The average Bonchev–Trinajstić information content (AvgIpc) is 2.52. The van der Waals surface area contributed by atoms with E-state index in [-0.39, 0.29) is 0 Å². The van der Waals surface area contributed by atoms with Crippen LogP contribution >= 0.6 is 0 Å². The van der Waals surface area contributed by atoms with Crippen molar-refractivity contribution in [3.05, 3.63) is 0 Å². The summed E-state index contributed by atoms with van der Waals surface area (Å²) in [5, 5.41) is -5.77. The van der Waals surface area contributed by atoms with Gasteiger partial charge >= 0.3 is 41.7 Å². The third-order valence-electron chi connectivity index (χ3n) is 3.37. The second kappa shape index (κ2) is 7.52. The highest BCUT2D eigenvalue weighted by atomic mass is 32.2. The Balaban J connectivity index is 6.87. The first-order valence-electron chi connectivity index (χ1n) is 6.62. The molecule has 182 valence electrons. The van der Waals surface area contributed by atoms with Gasteiger partial charge in [0.05, 0.1) is 0 Å². The molecule has 0 aliphatic carbocycles. The third kappa shape index (κ3) is 3.51. The van der Waals surface area contributed by atoms with E-state index < -0.39 is 64.5 Å². The largest absolute Gasteiger partial charge is 0.769 e. The van der Waals surface area contributed by atoms with E-state index in [2.05, 4.69) is 0 Å². The molecule has 0 aromatic carbocycles. The van der Waals surface area contributed by atoms with Crippen molar-refractivity contribution in [2.45, 2.75) is 53.8 Å². The van der Waals surface area contributed by atoms with Gasteiger partial charge < -0.3 is 4.55 Å². The van der Waals surface area contributed by atoms with Gasteiger partial charge in [-0.05, 0) is 6.54 Å². The fourth-order valence-electron chi connectivity index (χ4n) is 1.67. The SMILES string of the molecule is CCNC(F)(S(=O)[O-])C(F)(F)C(F)(F)C(F)(F)C(F)(F)C(F)(F)C(F)(F)C(F)(F)F. The summed E-state index contributed by atoms with van der Waals surface area (Å²) in [6.07, 6.45) is -7.78. The summed E-state index contributed by atoms with van der Waals surface area (Å²) in [6, 6.07) is 0. The molecule has 30 heavy (non-hydrogen) atoms. The minimum absolute atomic E-state index is 0.318. The number of hydrogen-bond acceptors (Lipinski definition) is 3. The lowest BCUT2D eigenvalue weighted by Crippen LogP contribution is -2.76. The van der Waals surface area contributed by atoms with Crippen LogP contribution in [0.15, 0.2) is 0 Å². The van der Waals surface area contributed by atoms with Crippen LogP contribution in [0.4, 0.5) is 70.2 Å². The minimum Gasteiger partial charge on any atom is -0.769 e. The molecule has 0 aromatic rings. The van der Waals surface area contributed by atoms with Crippen molar-refractivity contribution in [1.82, 2.24) is 5.32 Å². The molecular formula is C10H6F16NO2S-. The maximum atomic E-state index is 13.8. The summed E-state index contributed by atoms with van der Waals surface area (Å²) in [7, 11) is 0. The van der Waals surface area contributed by atoms with Crippen LogP contribution in [0.1, 0.15) is 6.92 Å². The molecule has 0 aliphatic rings. The van der Waals surface area contributed by atoms with Gasteiger partial charge in [-0.15, -0.1) is 0 Å². The molecule has 0 aliphatic heterocycles. The second-order valence-electron chi connectivity index (χ2n) is 5.30. The summed E-state index contributed by atoms with van der Waals surface area (Å²) in [5.41, 5.74) is 0. The van der Waals surface area contributed by atoms with Gasteiger partial charge in [0.15, 0.2) is 0 Å². The van der Waals surface area contributed by atoms with Crippen LogP contribution in [0, 0.1) is 0 Å². The Morgan fingerprint density at radius 1 is 0.600 bits per heavy atom. The normalized spacial score (nSPS) is 18.9. The summed E-state index contributed by atoms with van der Waals surface area (Å²) >= 11 is -5.25. The molecule has 0 radical (unpaired) electrons. The first-order valence-corrected chi connectivity index (χ1v) is 7.70. The zero-order valence-corrected chi connectivity index (χ0v) is 14.3. The molecule has 20 heteroatoms. The molecule has 0 bridgehead atoms. The highest BCUT2D eigenvalue weighted by Gasteiger charge is 2.95. The minimum atomic E-state index is -8.64. The highest BCUT2D eigenvalue weighted by Crippen LogP contribution is 2.63. The Bertz CT molecular complexity index is 661. The van der Waals surface area contributed by atoms with Gasteiger partial charge in [-0.25, -0.2) is 4.39 Å². The zero-order chi connectivity index (χ0) is 25.0. The smallest absolute Gasteiger partial charge is 0.460 e. The molecule has 3 nitrogen and oxygen atoms in total. The summed E-state index contributed by atoms with van der Waals surface area (Å²) in [4.78, 5) is 0. The molecule has 0 amide bonds. The van der Waals surface area contributed by atoms with Gasteiger partial charge in [0.25, 0.3) is 5.12 Å². The number of rotatable bonds is 9. The van der Waals surface area contributed by atoms with Crippen LogP contribution in [-0.2, 0) is 11.1 Å². The van der Waals surface area contributed by atoms with E-state index in [9.17, 15) is 79.0 Å². The van der Waals surface area contributed by atoms with E-state index >= 15 is 0 Å². The Labute approximate surface area is 157 Å². The van der Waals surface area contributed by atoms with Crippen LogP contribution in [0.3, 0.4) is 0 Å². The van der Waals surface area contributed by atoms with Crippen LogP contribution in [0.5, 0.6) is 0 Å². The average molecular weight is 508 g/mol. The predicted octanol–water partition coefficient (Wildman–Crippen LogP) is 4.47. The quantitative estimate of drug-likeness (QED) is 0.284. The van der Waals surface area contributed by atoms with E-state index in [1.54, 1.807) is 0 Å². The molecule has 0 saturated carbocycles. The van der Waals surface area contributed by atoms with Crippen LogP contribution in [0.2, 0.25) is 0 Å². The third-order valence-corrected chi connectivity index (χ3v) is 4.23. The van der Waals surface area contributed by atoms with Crippen molar-refractivity contribution in [2.24, 2.45) is 0 Å². The second-order valence-corrected chi connectivity index (χ2v) is 6.34. The fourth-order valence-corrected chi connectivity index (χ4v) is 2.27. The fraction of sp³-hybridized carbons (Fsp3) is 1.00. The van der Waals surface area contributed by atoms with E-state index in [1.807, 2.05) is 0 Å². The molecule has 2 unspecified atom stereocenters. The van der Waals surface area contributed by atoms with Gasteiger partial charge in [0.2, 0.25) is 0 Å². The van der Waals surface area contributed by atoms with Crippen LogP contribution < -0.4 is 5.32 Å². The Morgan fingerprint density at radius 2 is 0.867 bits per heavy atom. The number of halogens is 16. The molecule has 2 atom stereocenters. The molecular weight excluding hydrogens is 502 g/mol. The number of nitrogens with one attached hydrogen (secondary N) is 1. The van der Waals surface area contributed by atoms with Gasteiger partial charge in [0.1, 0.15) is 0 Å². The molecule has 1 N–H and O–H groups in total. The van der Waals surface area contributed by atoms with Crippen molar-refractivity contribution in [3.8, 4) is 0 Å². The van der Waals surface area contributed by atoms with E-state index in [1.165, 1.54) is 0 Å². The molecule has 0 aromatic heterocycles. The topological polar surface area (TPSA) is 52.2 Å². The van der Waals surface area contributed by atoms with Gasteiger partial charge in [0, 0.05) is 11.1 Å². The lowest BCUT2D eigenvalue weighted by atomic mass is 9.90. The van der Waals surface area contributed by atoms with Crippen LogP contribution in [0.25, 0.3) is 0 Å². The first kappa shape index (κ1) is 28.9. The lowest BCUT2D eigenvalue weighted by Gasteiger charge is -2.45. The van der Waals surface area contributed by atoms with Crippen molar-refractivity contribution >= 4 is 11.1 Å². The van der Waals surface area contributed by atoms with Gasteiger partial charge in [-0.3, -0.25) is 9.53 Å². The summed E-state index contributed by atoms with van der Waals surface area (Å²) in [6.45, 7) is -0.958. The molecule has 0 rings (SSSR count). The maximum absolute atomic E-state index is 13.8. The van der Waals surface area contributed by atoms with Crippen molar-refractivity contribution in [2.75, 3.05) is 6.54 Å². The number of hydrogen-bond donors (Lipinski definition) is 1. The first-order chi connectivity index (χ1) is 12.8. The molecule has 0 spiro atoms. The Kier molecular flexibility index (Phi) is 7.26. The highest BCUT2D eigenvalue weighted by molar-refractivity contribution is 7.80. The molecule has 0 heterocycles. The van der Waals surface area contributed by atoms with Gasteiger partial charge in [-0.2, -0.15) is 65.9 Å². The monoisotopic (exact) mass is 508 g/mol. The van der Waals surface area contributed by atoms with E-state index in [0.717, 1.165) is 0 Å². The molecule has 0 fully saturated rings. The van der Waals surface area contributed by atoms with E-state index in [4.69, 9.17) is 0 Å². The zero-order valence-electron chi connectivity index (χ0n) is 13.5. The summed E-state index contributed by atoms with van der Waals surface area (Å²) in [5.74, 6) is -49.8. The van der Waals surface area contributed by atoms with Crippen molar-refractivity contribution in [3.63, 3.8) is 0 Å². The van der Waals surface area contributed by atoms with Gasteiger partial charge in [-0.1, -0.05) is 6.92 Å². The van der Waals surface area contributed by atoms with E-state index in [0.29, 0.717) is 12.2 Å². The lowest BCUT2D eigenvalue weighted by molar-refractivity contribution is -0.456. The van der Waals surface area contributed by atoms with Crippen LogP contribution in [-0.4, -0.2) is 62.1 Å². The van der Waals surface area contributed by atoms with Crippen molar-refractivity contribution < 1.29 is 79.0 Å². The summed E-state index contributed by atoms with van der Waals surface area (Å²) < 4.78 is 229. The molecule has 0 saturated heterocycles. The Morgan fingerprint density at radius 3 is 1.10 bits per heavy atom.